The van der Waals surface area contributed by atoms with Gasteiger partial charge in [0, 0.05) is 17.9 Å². The van der Waals surface area contributed by atoms with Crippen LogP contribution in [0.25, 0.3) is 0 Å². The highest BCUT2D eigenvalue weighted by atomic mass is 16.7. The van der Waals surface area contributed by atoms with Crippen LogP contribution < -0.4 is 0 Å². The highest BCUT2D eigenvalue weighted by Gasteiger charge is 2.70. The molecule has 15 nitrogen and oxygen atoms in total. The molecule has 4 saturated carbocycles. The molecule has 2 saturated heterocycles. The number of fused-ring (bicyclic) bond motifs is 5. The van der Waals surface area contributed by atoms with Crippen molar-refractivity contribution in [1.82, 2.24) is 0 Å². The number of hydrogen-bond acceptors (Lipinski definition) is 15. The summed E-state index contributed by atoms with van der Waals surface area (Å²) >= 11 is 0. The van der Waals surface area contributed by atoms with Crippen LogP contribution in [0.1, 0.15) is 71.6 Å². The summed E-state index contributed by atoms with van der Waals surface area (Å²) in [5.74, 6) is -0.209. The molecule has 6 fully saturated rings. The lowest BCUT2D eigenvalue weighted by atomic mass is 9.42. The Kier molecular flexibility index (Phi) is 9.79. The summed E-state index contributed by atoms with van der Waals surface area (Å²) in [4.78, 5) is 11.9. The monoisotopic (exact) mass is 714 g/mol. The largest absolute Gasteiger partial charge is 0.458 e. The quantitative estimate of drug-likeness (QED) is 0.106. The van der Waals surface area contributed by atoms with E-state index < -0.39 is 103 Å². The van der Waals surface area contributed by atoms with E-state index in [0.29, 0.717) is 32.1 Å². The number of carbonyl (C=O) groups is 1. The van der Waals surface area contributed by atoms with Gasteiger partial charge < -0.3 is 69.6 Å². The molecule has 18 atom stereocenters. The second kappa shape index (κ2) is 13.2. The molecule has 0 aromatic carbocycles. The first-order chi connectivity index (χ1) is 23.6. The smallest absolute Gasteiger partial charge is 0.331 e. The van der Waals surface area contributed by atoms with Crippen molar-refractivity contribution in [1.29, 1.82) is 0 Å². The van der Waals surface area contributed by atoms with E-state index in [1.807, 2.05) is 0 Å². The minimum absolute atomic E-state index is 0.0165. The number of ether oxygens (including phenoxy) is 5. The van der Waals surface area contributed by atoms with Crippen LogP contribution in [0.4, 0.5) is 0 Å². The Balaban J connectivity index is 1.01. The van der Waals surface area contributed by atoms with E-state index >= 15 is 0 Å². The Bertz CT molecular complexity index is 1310. The van der Waals surface area contributed by atoms with Crippen LogP contribution in [-0.4, -0.2) is 150 Å². The van der Waals surface area contributed by atoms with Crippen LogP contribution in [0.15, 0.2) is 11.6 Å². The summed E-state index contributed by atoms with van der Waals surface area (Å²) in [6, 6.07) is 0. The first-order valence-corrected chi connectivity index (χ1v) is 18.2. The summed E-state index contributed by atoms with van der Waals surface area (Å²) in [5, 5.41) is 97.3. The Morgan fingerprint density at radius 2 is 1.38 bits per heavy atom. The molecule has 0 bridgehead atoms. The number of aliphatic hydroxyl groups excluding tert-OH is 7. The van der Waals surface area contributed by atoms with Gasteiger partial charge in [-0.3, -0.25) is 0 Å². The maximum absolute atomic E-state index is 12.5. The molecular formula is C35H54O15. The van der Waals surface area contributed by atoms with Gasteiger partial charge in [-0.05, 0) is 80.1 Å². The van der Waals surface area contributed by atoms with Crippen molar-refractivity contribution in [3.8, 4) is 0 Å². The van der Waals surface area contributed by atoms with E-state index in [1.54, 1.807) is 6.08 Å². The van der Waals surface area contributed by atoms with Gasteiger partial charge in [-0.1, -0.05) is 13.8 Å². The molecule has 15 heteroatoms. The highest BCUT2D eigenvalue weighted by Crippen LogP contribution is 2.70. The lowest BCUT2D eigenvalue weighted by Crippen LogP contribution is -2.68. The van der Waals surface area contributed by atoms with Gasteiger partial charge in [-0.15, -0.1) is 0 Å². The molecule has 0 unspecified atom stereocenters. The average Bonchev–Trinajstić information content (AvgIpc) is 3.64. The fraction of sp³-hybridized carbons (Fsp3) is 0.914. The van der Waals surface area contributed by atoms with Crippen LogP contribution >= 0.6 is 0 Å². The minimum atomic E-state index is -1.77. The van der Waals surface area contributed by atoms with Crippen molar-refractivity contribution in [3.63, 3.8) is 0 Å². The fourth-order valence-corrected chi connectivity index (χ4v) is 11.3. The number of hydrogen-bond donors (Lipinski definition) is 9. The Morgan fingerprint density at radius 3 is 2.06 bits per heavy atom. The second-order valence-electron chi connectivity index (χ2n) is 16.5. The lowest BCUT2D eigenvalue weighted by Gasteiger charge is -2.66. The first kappa shape index (κ1) is 37.0. The molecule has 0 aromatic heterocycles. The van der Waals surface area contributed by atoms with Gasteiger partial charge in [0.1, 0.15) is 55.4 Å². The second-order valence-corrected chi connectivity index (χ2v) is 16.5. The molecular weight excluding hydrogens is 660 g/mol. The van der Waals surface area contributed by atoms with Crippen LogP contribution in [-0.2, 0) is 28.5 Å². The summed E-state index contributed by atoms with van der Waals surface area (Å²) in [6.45, 7) is 3.18. The van der Waals surface area contributed by atoms with Crippen molar-refractivity contribution in [2.24, 2.45) is 28.6 Å². The highest BCUT2D eigenvalue weighted by molar-refractivity contribution is 5.85. The summed E-state index contributed by atoms with van der Waals surface area (Å²) in [6.07, 6.45) is -8.97. The Hall–Kier alpha value is -1.31. The fourth-order valence-electron chi connectivity index (χ4n) is 11.3. The van der Waals surface area contributed by atoms with Crippen molar-refractivity contribution in [2.75, 3.05) is 19.8 Å². The number of rotatable bonds is 7. The lowest BCUT2D eigenvalue weighted by molar-refractivity contribution is -0.366. The van der Waals surface area contributed by atoms with E-state index in [0.717, 1.165) is 24.8 Å². The molecule has 284 valence electrons. The first-order valence-electron chi connectivity index (χ1n) is 18.2. The van der Waals surface area contributed by atoms with Crippen molar-refractivity contribution >= 4 is 5.97 Å². The maximum Gasteiger partial charge on any atom is 0.331 e. The molecule has 4 aliphatic carbocycles. The number of cyclic esters (lactones) is 1. The van der Waals surface area contributed by atoms with Crippen LogP contribution in [0.5, 0.6) is 0 Å². The van der Waals surface area contributed by atoms with E-state index in [9.17, 15) is 50.8 Å². The predicted molar refractivity (Wildman–Crippen MR) is 168 cm³/mol. The Labute approximate surface area is 290 Å². The standard InChI is InChI=1S/C35H54O15/c1-32-7-3-17(47-30-28(43)26(41)29(22(14-37)49-30)50-31-27(42)25(40)24(39)21(13-36)48-31)12-34(32,44)9-5-20-19(32)4-8-33(2)18(6-10-35(20,33)45)16-11-23(38)46-15-16/h11,17-22,24-31,36-37,39-45H,3-10,12-15H2,1-2H3/t17-,18+,19-,20+,21+,22+,24+,25-,26+,27+,28+,29+,30+,31-,32+,33+,34-,35-/m0/s1. The molecule has 7 aliphatic rings. The van der Waals surface area contributed by atoms with Gasteiger partial charge in [0.05, 0.1) is 30.5 Å². The van der Waals surface area contributed by atoms with Crippen LogP contribution in [0.3, 0.4) is 0 Å². The molecule has 0 spiro atoms. The Morgan fingerprint density at radius 1 is 0.740 bits per heavy atom. The predicted octanol–water partition coefficient (Wildman–Crippen LogP) is -1.63. The van der Waals surface area contributed by atoms with Gasteiger partial charge in [0.2, 0.25) is 0 Å². The van der Waals surface area contributed by atoms with E-state index in [4.69, 9.17) is 23.7 Å². The zero-order valence-corrected chi connectivity index (χ0v) is 28.6. The summed E-state index contributed by atoms with van der Waals surface area (Å²) < 4.78 is 28.4. The molecule has 3 heterocycles. The van der Waals surface area contributed by atoms with Crippen LogP contribution in [0.2, 0.25) is 0 Å². The van der Waals surface area contributed by atoms with Gasteiger partial charge in [0.25, 0.3) is 0 Å². The summed E-state index contributed by atoms with van der Waals surface area (Å²) in [5.41, 5.74) is -2.01. The van der Waals surface area contributed by atoms with E-state index in [2.05, 4.69) is 13.8 Å². The van der Waals surface area contributed by atoms with Gasteiger partial charge in [-0.2, -0.15) is 0 Å². The maximum atomic E-state index is 12.5. The molecule has 50 heavy (non-hydrogen) atoms. The van der Waals surface area contributed by atoms with E-state index in [1.165, 1.54) is 0 Å². The third-order valence-corrected chi connectivity index (χ3v) is 14.4. The SMILES string of the molecule is C[C@]12CC[C@H](O[C@@H]3O[C@H](CO)[C@@H](O[C@@H]4O[C@H](CO)[C@@H](O)[C@H](O)[C@H]4O)[C@H](O)[C@H]3O)C[C@@]1(O)CC[C@@H]1[C@@H]2CC[C@]2(C)[C@@H](C3=CC(=O)OC3)CC[C@]12O. The van der Waals surface area contributed by atoms with Gasteiger partial charge >= 0.3 is 5.97 Å². The number of aliphatic hydroxyl groups is 9. The zero-order chi connectivity index (χ0) is 36.0. The van der Waals surface area contributed by atoms with E-state index in [-0.39, 0.29) is 36.8 Å². The molecule has 0 amide bonds. The third-order valence-electron chi connectivity index (χ3n) is 14.4. The average molecular weight is 715 g/mol. The van der Waals surface area contributed by atoms with Crippen LogP contribution in [0, 0.1) is 28.6 Å². The topological polar surface area (TPSA) is 245 Å². The molecule has 0 aromatic rings. The molecule has 7 rings (SSSR count). The van der Waals surface area contributed by atoms with Crippen molar-refractivity contribution < 1.29 is 74.4 Å². The summed E-state index contributed by atoms with van der Waals surface area (Å²) in [7, 11) is 0. The molecule has 0 radical (unpaired) electrons. The van der Waals surface area contributed by atoms with Crippen molar-refractivity contribution in [3.05, 3.63) is 11.6 Å². The minimum Gasteiger partial charge on any atom is -0.458 e. The third kappa shape index (κ3) is 5.54. The molecule has 9 N–H and O–H groups in total. The normalized spacial score (nSPS) is 55.1. The van der Waals surface area contributed by atoms with Crippen molar-refractivity contribution in [2.45, 2.75) is 150 Å². The zero-order valence-electron chi connectivity index (χ0n) is 28.6. The van der Waals surface area contributed by atoms with Gasteiger partial charge in [0.15, 0.2) is 12.6 Å². The molecule has 3 aliphatic heterocycles. The number of esters is 1. The number of carbonyl (C=O) groups excluding carboxylic acids is 1. The van der Waals surface area contributed by atoms with Gasteiger partial charge in [-0.25, -0.2) is 4.79 Å².